The Balaban J connectivity index is 1.07. The van der Waals surface area contributed by atoms with Crippen molar-refractivity contribution in [2.45, 2.75) is 82.3 Å². The summed E-state index contributed by atoms with van der Waals surface area (Å²) in [5.74, 6) is 2.97. The van der Waals surface area contributed by atoms with E-state index >= 15 is 0 Å². The Hall–Kier alpha value is -1.14. The number of fused-ring (bicyclic) bond motifs is 1. The molecule has 2 saturated heterocycles. The van der Waals surface area contributed by atoms with Crippen molar-refractivity contribution in [3.63, 3.8) is 0 Å². The Morgan fingerprint density at radius 3 is 2.10 bits per heavy atom. The molecule has 6 nitrogen and oxygen atoms in total. The molecule has 3 atom stereocenters. The minimum absolute atomic E-state index is 0.118. The van der Waals surface area contributed by atoms with Gasteiger partial charge in [-0.3, -0.25) is 9.59 Å². The molecule has 2 heterocycles. The van der Waals surface area contributed by atoms with Gasteiger partial charge in [0.1, 0.15) is 5.60 Å². The predicted octanol–water partition coefficient (Wildman–Crippen LogP) is 2.16. The van der Waals surface area contributed by atoms with Gasteiger partial charge in [-0.25, -0.2) is 0 Å². The van der Waals surface area contributed by atoms with Crippen molar-refractivity contribution in [1.29, 1.82) is 0 Å². The van der Waals surface area contributed by atoms with Gasteiger partial charge in [0, 0.05) is 38.1 Å². The number of piperazine rings is 1. The summed E-state index contributed by atoms with van der Waals surface area (Å²) in [6, 6.07) is 0.764. The van der Waals surface area contributed by atoms with Crippen LogP contribution in [0.4, 0.5) is 0 Å². The highest BCUT2D eigenvalue weighted by atomic mass is 16.3. The number of hydrogen-bond donors (Lipinski definition) is 2. The van der Waals surface area contributed by atoms with Crippen LogP contribution in [0.1, 0.15) is 70.6 Å². The van der Waals surface area contributed by atoms with Crippen LogP contribution < -0.4 is 5.32 Å². The number of aliphatic hydroxyl groups is 1. The third-order valence-corrected chi connectivity index (χ3v) is 9.20. The molecule has 5 fully saturated rings. The van der Waals surface area contributed by atoms with Crippen LogP contribution in [0, 0.1) is 23.7 Å². The van der Waals surface area contributed by atoms with Crippen LogP contribution in [-0.2, 0) is 9.59 Å². The van der Waals surface area contributed by atoms with Gasteiger partial charge in [-0.05, 0) is 94.9 Å². The Bertz CT molecular complexity index is 648. The maximum atomic E-state index is 13.1. The third-order valence-electron chi connectivity index (χ3n) is 9.20. The molecule has 0 aromatic rings. The number of carbonyl (C=O) groups excluding carboxylic acids is 2. The first kappa shape index (κ1) is 20.7. The van der Waals surface area contributed by atoms with Crippen LogP contribution >= 0.6 is 0 Å². The summed E-state index contributed by atoms with van der Waals surface area (Å²) in [6.07, 6.45) is 12.1. The minimum atomic E-state index is -1.11. The zero-order chi connectivity index (χ0) is 20.7. The first-order chi connectivity index (χ1) is 14.5. The van der Waals surface area contributed by atoms with E-state index in [0.717, 1.165) is 43.1 Å². The van der Waals surface area contributed by atoms with Crippen LogP contribution in [0.2, 0.25) is 0 Å². The van der Waals surface area contributed by atoms with Gasteiger partial charge < -0.3 is 20.2 Å². The number of rotatable bonds is 3. The summed E-state index contributed by atoms with van der Waals surface area (Å²) in [4.78, 5) is 29.3. The molecule has 3 aliphatic carbocycles. The number of hydrogen-bond acceptors (Lipinski definition) is 4. The molecular formula is C24H39N3O3. The van der Waals surface area contributed by atoms with E-state index in [9.17, 15) is 14.7 Å². The van der Waals surface area contributed by atoms with Crippen LogP contribution in [-0.4, -0.2) is 71.1 Å². The van der Waals surface area contributed by atoms with Gasteiger partial charge in [-0.2, -0.15) is 0 Å². The lowest BCUT2D eigenvalue weighted by Gasteiger charge is -2.43. The van der Waals surface area contributed by atoms with E-state index in [1.54, 1.807) is 4.90 Å². The molecule has 30 heavy (non-hydrogen) atoms. The number of nitrogens with zero attached hydrogens (tertiary/aromatic N) is 2. The molecule has 0 aromatic carbocycles. The first-order valence-electron chi connectivity index (χ1n) is 12.6. The average molecular weight is 418 g/mol. The van der Waals surface area contributed by atoms with E-state index in [-0.39, 0.29) is 11.8 Å². The van der Waals surface area contributed by atoms with Gasteiger partial charge in [-0.1, -0.05) is 0 Å². The highest BCUT2D eigenvalue weighted by Crippen LogP contribution is 2.43. The molecule has 6 heteroatoms. The fourth-order valence-electron chi connectivity index (χ4n) is 6.99. The van der Waals surface area contributed by atoms with Crippen LogP contribution in [0.15, 0.2) is 0 Å². The van der Waals surface area contributed by atoms with E-state index in [1.165, 1.54) is 45.1 Å². The van der Waals surface area contributed by atoms with Crippen LogP contribution in [0.3, 0.4) is 0 Å². The highest BCUT2D eigenvalue weighted by molar-refractivity contribution is 5.86. The van der Waals surface area contributed by atoms with Crippen molar-refractivity contribution in [2.75, 3.05) is 32.7 Å². The summed E-state index contributed by atoms with van der Waals surface area (Å²) in [6.45, 7) is 3.59. The lowest BCUT2D eigenvalue weighted by molar-refractivity contribution is -0.163. The molecule has 0 bridgehead atoms. The maximum Gasteiger partial charge on any atom is 0.254 e. The second-order valence-corrected chi connectivity index (χ2v) is 10.8. The number of carbonyl (C=O) groups is 2. The molecule has 2 aliphatic heterocycles. The molecule has 0 aromatic heterocycles. The fourth-order valence-corrected chi connectivity index (χ4v) is 6.99. The summed E-state index contributed by atoms with van der Waals surface area (Å²) in [7, 11) is 0. The zero-order valence-corrected chi connectivity index (χ0v) is 18.4. The quantitative estimate of drug-likeness (QED) is 0.738. The standard InChI is InChI=1S/C24H39N3O3/c28-22(26-12-14-27(15-13-26)23(29)24(30)9-1-10-24)19-5-2-17(3-6-19)20-7-4-18-8-11-25-21(18)16-20/h17-21,25,30H,1-16H2. The Labute approximate surface area is 180 Å². The fraction of sp³-hybridized carbons (Fsp3) is 0.917. The first-order valence-corrected chi connectivity index (χ1v) is 12.6. The lowest BCUT2D eigenvalue weighted by Crippen LogP contribution is -2.59. The zero-order valence-electron chi connectivity index (χ0n) is 18.4. The van der Waals surface area contributed by atoms with Crippen molar-refractivity contribution in [3.8, 4) is 0 Å². The van der Waals surface area contributed by atoms with E-state index in [0.29, 0.717) is 44.9 Å². The largest absolute Gasteiger partial charge is 0.380 e. The van der Waals surface area contributed by atoms with E-state index in [1.807, 2.05) is 4.90 Å². The number of nitrogens with one attached hydrogen (secondary N) is 1. The molecule has 5 rings (SSSR count). The lowest BCUT2D eigenvalue weighted by atomic mass is 9.68. The molecule has 5 aliphatic rings. The topological polar surface area (TPSA) is 72.9 Å². The molecule has 2 amide bonds. The van der Waals surface area contributed by atoms with Crippen LogP contribution in [0.25, 0.3) is 0 Å². The van der Waals surface area contributed by atoms with Crippen molar-refractivity contribution in [3.05, 3.63) is 0 Å². The second kappa shape index (κ2) is 8.42. The minimum Gasteiger partial charge on any atom is -0.380 e. The van der Waals surface area contributed by atoms with Crippen molar-refractivity contribution < 1.29 is 14.7 Å². The number of amides is 2. The Morgan fingerprint density at radius 2 is 1.43 bits per heavy atom. The van der Waals surface area contributed by atoms with E-state index in [2.05, 4.69) is 5.32 Å². The third kappa shape index (κ3) is 3.90. The normalized spacial score (nSPS) is 38.6. The second-order valence-electron chi connectivity index (χ2n) is 10.8. The summed E-state index contributed by atoms with van der Waals surface area (Å²) in [5.41, 5.74) is -1.11. The van der Waals surface area contributed by atoms with Gasteiger partial charge in [0.25, 0.3) is 5.91 Å². The van der Waals surface area contributed by atoms with Gasteiger partial charge in [0.2, 0.25) is 5.91 Å². The highest BCUT2D eigenvalue weighted by Gasteiger charge is 2.45. The maximum absolute atomic E-state index is 13.1. The van der Waals surface area contributed by atoms with Crippen molar-refractivity contribution >= 4 is 11.8 Å². The van der Waals surface area contributed by atoms with E-state index in [4.69, 9.17) is 0 Å². The Morgan fingerprint density at radius 1 is 0.800 bits per heavy atom. The van der Waals surface area contributed by atoms with E-state index < -0.39 is 5.60 Å². The average Bonchev–Trinajstić information content (AvgIpc) is 3.24. The molecular weight excluding hydrogens is 378 g/mol. The molecule has 0 spiro atoms. The summed E-state index contributed by atoms with van der Waals surface area (Å²) in [5, 5.41) is 14.0. The van der Waals surface area contributed by atoms with Crippen molar-refractivity contribution in [1.82, 2.24) is 15.1 Å². The summed E-state index contributed by atoms with van der Waals surface area (Å²) >= 11 is 0. The van der Waals surface area contributed by atoms with Crippen LogP contribution in [0.5, 0.6) is 0 Å². The van der Waals surface area contributed by atoms with Gasteiger partial charge in [-0.15, -0.1) is 0 Å². The molecule has 2 N–H and O–H groups in total. The monoisotopic (exact) mass is 417 g/mol. The Kier molecular flexibility index (Phi) is 5.82. The predicted molar refractivity (Wildman–Crippen MR) is 115 cm³/mol. The van der Waals surface area contributed by atoms with Gasteiger partial charge >= 0.3 is 0 Å². The summed E-state index contributed by atoms with van der Waals surface area (Å²) < 4.78 is 0. The smallest absolute Gasteiger partial charge is 0.254 e. The molecule has 3 unspecified atom stereocenters. The van der Waals surface area contributed by atoms with Gasteiger partial charge in [0.05, 0.1) is 0 Å². The van der Waals surface area contributed by atoms with Crippen molar-refractivity contribution in [2.24, 2.45) is 23.7 Å². The molecule has 0 radical (unpaired) electrons. The molecule has 168 valence electrons. The molecule has 3 saturated carbocycles. The van der Waals surface area contributed by atoms with Gasteiger partial charge in [0.15, 0.2) is 0 Å². The SMILES string of the molecule is O=C(C1CCC(C2CCC3CCNC3C2)CC1)N1CCN(C(=O)C2(O)CCC2)CC1.